The summed E-state index contributed by atoms with van der Waals surface area (Å²) in [6.45, 7) is 6.77. The minimum Gasteiger partial charge on any atom is -0.491 e. The second kappa shape index (κ2) is 9.76. The molecule has 3 nitrogen and oxygen atoms in total. The van der Waals surface area contributed by atoms with Crippen LogP contribution in [0, 0.1) is 11.7 Å². The van der Waals surface area contributed by atoms with Gasteiger partial charge < -0.3 is 14.2 Å². The van der Waals surface area contributed by atoms with Crippen LogP contribution in [0.3, 0.4) is 0 Å². The maximum absolute atomic E-state index is 14.8. The molecule has 2 aromatic carbocycles. The van der Waals surface area contributed by atoms with Crippen LogP contribution in [0.1, 0.15) is 24.3 Å². The first-order valence-corrected chi connectivity index (χ1v) is 10.5. The molecule has 0 bridgehead atoms. The zero-order valence-electron chi connectivity index (χ0n) is 17.8. The van der Waals surface area contributed by atoms with Crippen LogP contribution in [0.4, 0.5) is 13.2 Å². The molecule has 6 heteroatoms. The standard InChI is InChI=1S/C26H25F3O3/c1-3-12-30-23-11-10-21(24(28)25(23)29)18-6-4-17(5-7-18)20-9-8-19(13-22(20)27)26-31-14-16(2)15-32-26/h3-11,13,16,24-26H,1,12,14-15H2,2H3. The fourth-order valence-electron chi connectivity index (χ4n) is 3.74. The smallest absolute Gasteiger partial charge is 0.192 e. The summed E-state index contributed by atoms with van der Waals surface area (Å²) < 4.78 is 60.3. The van der Waals surface area contributed by atoms with Crippen LogP contribution in [-0.4, -0.2) is 32.2 Å². The van der Waals surface area contributed by atoms with Crippen LogP contribution >= 0.6 is 0 Å². The first-order chi connectivity index (χ1) is 15.5. The molecule has 0 amide bonds. The summed E-state index contributed by atoms with van der Waals surface area (Å²) in [6, 6.07) is 11.6. The Morgan fingerprint density at radius 3 is 2.34 bits per heavy atom. The highest BCUT2D eigenvalue weighted by Gasteiger charge is 2.32. The van der Waals surface area contributed by atoms with Crippen molar-refractivity contribution in [2.75, 3.05) is 19.8 Å². The van der Waals surface area contributed by atoms with Gasteiger partial charge in [-0.05, 0) is 28.8 Å². The number of rotatable bonds is 6. The van der Waals surface area contributed by atoms with Gasteiger partial charge in [-0.15, -0.1) is 0 Å². The van der Waals surface area contributed by atoms with Crippen LogP contribution in [0.2, 0.25) is 0 Å². The molecule has 0 saturated carbocycles. The Bertz CT molecular complexity index is 1020. The lowest BCUT2D eigenvalue weighted by molar-refractivity contribution is -0.202. The number of benzene rings is 2. The molecule has 0 spiro atoms. The molecule has 2 unspecified atom stereocenters. The molecule has 2 aromatic rings. The summed E-state index contributed by atoms with van der Waals surface area (Å²) in [4.78, 5) is 0. The van der Waals surface area contributed by atoms with Crippen molar-refractivity contribution in [1.82, 2.24) is 0 Å². The summed E-state index contributed by atoms with van der Waals surface area (Å²) in [5.41, 5.74) is 2.40. The highest BCUT2D eigenvalue weighted by Crippen LogP contribution is 2.34. The predicted octanol–water partition coefficient (Wildman–Crippen LogP) is 6.33. The summed E-state index contributed by atoms with van der Waals surface area (Å²) in [5.74, 6) is -0.149. The van der Waals surface area contributed by atoms with Crippen molar-refractivity contribution >= 4 is 5.57 Å². The van der Waals surface area contributed by atoms with E-state index < -0.39 is 24.5 Å². The highest BCUT2D eigenvalue weighted by molar-refractivity contribution is 5.75. The van der Waals surface area contributed by atoms with Crippen molar-refractivity contribution < 1.29 is 27.4 Å². The van der Waals surface area contributed by atoms with Gasteiger partial charge in [-0.2, -0.15) is 0 Å². The van der Waals surface area contributed by atoms with E-state index in [4.69, 9.17) is 14.2 Å². The van der Waals surface area contributed by atoms with Gasteiger partial charge in [-0.25, -0.2) is 13.2 Å². The molecule has 32 heavy (non-hydrogen) atoms. The van der Waals surface area contributed by atoms with E-state index in [2.05, 4.69) is 6.58 Å². The molecule has 4 rings (SSSR count). The molecule has 168 valence electrons. The Morgan fingerprint density at radius 2 is 1.69 bits per heavy atom. The molecule has 0 radical (unpaired) electrons. The molecule has 0 aromatic heterocycles. The van der Waals surface area contributed by atoms with E-state index in [1.807, 2.05) is 6.92 Å². The molecule has 2 atom stereocenters. The van der Waals surface area contributed by atoms with Crippen LogP contribution in [0.5, 0.6) is 0 Å². The second-order valence-corrected chi connectivity index (χ2v) is 8.01. The van der Waals surface area contributed by atoms with Crippen LogP contribution < -0.4 is 0 Å². The SMILES string of the molecule is C=CCOC1=CC=C(c2ccc(-c3ccc(C4OCC(C)CO4)cc3F)cc2)C(F)C1F. The van der Waals surface area contributed by atoms with Gasteiger partial charge in [-0.3, -0.25) is 0 Å². The normalized spacial score (nSPS) is 25.6. The Kier molecular flexibility index (Phi) is 6.82. The van der Waals surface area contributed by atoms with E-state index >= 15 is 0 Å². The van der Waals surface area contributed by atoms with Crippen LogP contribution in [0.15, 0.2) is 73.0 Å². The quantitative estimate of drug-likeness (QED) is 0.489. The number of ether oxygens (including phenoxy) is 3. The Hall–Kier alpha value is -2.83. The lowest BCUT2D eigenvalue weighted by atomic mass is 9.92. The van der Waals surface area contributed by atoms with E-state index in [1.165, 1.54) is 24.3 Å². The number of alkyl halides is 2. The van der Waals surface area contributed by atoms with Gasteiger partial charge in [-0.1, -0.05) is 62.1 Å². The average molecular weight is 442 g/mol. The topological polar surface area (TPSA) is 27.7 Å². The molecule has 1 saturated heterocycles. The van der Waals surface area contributed by atoms with Gasteiger partial charge in [0.2, 0.25) is 0 Å². The van der Waals surface area contributed by atoms with Gasteiger partial charge in [0.25, 0.3) is 0 Å². The molecule has 2 aliphatic rings. The zero-order valence-corrected chi connectivity index (χ0v) is 17.8. The van der Waals surface area contributed by atoms with E-state index in [-0.39, 0.29) is 17.9 Å². The molecule has 0 N–H and O–H groups in total. The molecule has 1 heterocycles. The van der Waals surface area contributed by atoms with Gasteiger partial charge >= 0.3 is 0 Å². The summed E-state index contributed by atoms with van der Waals surface area (Å²) in [7, 11) is 0. The largest absolute Gasteiger partial charge is 0.491 e. The van der Waals surface area contributed by atoms with Gasteiger partial charge in [0.1, 0.15) is 18.2 Å². The molecular weight excluding hydrogens is 417 g/mol. The predicted molar refractivity (Wildman–Crippen MR) is 118 cm³/mol. The Morgan fingerprint density at radius 1 is 1.00 bits per heavy atom. The lowest BCUT2D eigenvalue weighted by Gasteiger charge is -2.27. The van der Waals surface area contributed by atoms with Crippen LogP contribution in [-0.2, 0) is 14.2 Å². The highest BCUT2D eigenvalue weighted by atomic mass is 19.2. The third-order valence-electron chi connectivity index (χ3n) is 5.48. The van der Waals surface area contributed by atoms with Crippen molar-refractivity contribution in [1.29, 1.82) is 0 Å². The number of hydrogen-bond donors (Lipinski definition) is 0. The minimum absolute atomic E-state index is 0.0553. The monoisotopic (exact) mass is 442 g/mol. The summed E-state index contributed by atoms with van der Waals surface area (Å²) in [5, 5.41) is 0. The van der Waals surface area contributed by atoms with E-state index in [9.17, 15) is 13.2 Å². The van der Waals surface area contributed by atoms with E-state index in [1.54, 1.807) is 36.4 Å². The first kappa shape index (κ1) is 22.4. The van der Waals surface area contributed by atoms with E-state index in [0.717, 1.165) is 0 Å². The van der Waals surface area contributed by atoms with Gasteiger partial charge in [0, 0.05) is 17.0 Å². The molecule has 1 aliphatic heterocycles. The third kappa shape index (κ3) is 4.66. The second-order valence-electron chi connectivity index (χ2n) is 8.01. The number of halogens is 3. The van der Waals surface area contributed by atoms with Gasteiger partial charge in [0.15, 0.2) is 18.6 Å². The van der Waals surface area contributed by atoms with Crippen LogP contribution in [0.25, 0.3) is 16.7 Å². The molecular formula is C26H25F3O3. The summed E-state index contributed by atoms with van der Waals surface area (Å²) in [6.07, 6.45) is 0.113. The van der Waals surface area contributed by atoms with Gasteiger partial charge in [0.05, 0.1) is 13.2 Å². The van der Waals surface area contributed by atoms with Crippen molar-refractivity contribution in [3.63, 3.8) is 0 Å². The number of hydrogen-bond acceptors (Lipinski definition) is 3. The van der Waals surface area contributed by atoms with Crippen molar-refractivity contribution in [2.24, 2.45) is 5.92 Å². The van der Waals surface area contributed by atoms with Crippen molar-refractivity contribution in [3.05, 3.63) is 90.0 Å². The maximum atomic E-state index is 14.8. The maximum Gasteiger partial charge on any atom is 0.192 e. The van der Waals surface area contributed by atoms with Crippen molar-refractivity contribution in [3.8, 4) is 11.1 Å². The minimum atomic E-state index is -1.88. The zero-order chi connectivity index (χ0) is 22.7. The fourth-order valence-corrected chi connectivity index (χ4v) is 3.74. The fraction of sp³-hybridized carbons (Fsp3) is 0.308. The first-order valence-electron chi connectivity index (χ1n) is 10.5. The molecule has 1 aliphatic carbocycles. The third-order valence-corrected chi connectivity index (χ3v) is 5.48. The Balaban J connectivity index is 1.52. The molecule has 1 fully saturated rings. The van der Waals surface area contributed by atoms with E-state index in [0.29, 0.717) is 41.4 Å². The average Bonchev–Trinajstić information content (AvgIpc) is 2.81. The number of allylic oxidation sites excluding steroid dienone is 4. The van der Waals surface area contributed by atoms with Crippen molar-refractivity contribution in [2.45, 2.75) is 25.6 Å². The summed E-state index contributed by atoms with van der Waals surface area (Å²) >= 11 is 0. The lowest BCUT2D eigenvalue weighted by Crippen LogP contribution is -2.25. The Labute approximate surface area is 185 Å².